The number of carbonyl (C=O) groups excluding carboxylic acids is 3. The van der Waals surface area contributed by atoms with E-state index in [-0.39, 0.29) is 29.3 Å². The maximum Gasteiger partial charge on any atom is 0.338 e. The van der Waals surface area contributed by atoms with Crippen molar-refractivity contribution < 1.29 is 14.4 Å². The quantitative estimate of drug-likeness (QED) is 0.0533. The minimum atomic E-state index is -0.997. The first-order valence-electron chi connectivity index (χ1n) is 13.6. The minimum absolute atomic E-state index is 0.00916. The average molecular weight is 619 g/mol. The minimum Gasteiger partial charge on any atom is -0.358 e. The summed E-state index contributed by atoms with van der Waals surface area (Å²) in [6.45, 7) is 2.50. The predicted molar refractivity (Wildman–Crippen MR) is 153 cm³/mol. The van der Waals surface area contributed by atoms with Crippen LogP contribution in [-0.4, -0.2) is 89.5 Å². The molecule has 43 heavy (non-hydrogen) atoms. The van der Waals surface area contributed by atoms with Crippen molar-refractivity contribution in [1.82, 2.24) is 36.2 Å². The maximum absolute atomic E-state index is 13.2. The summed E-state index contributed by atoms with van der Waals surface area (Å²) in [6.07, 6.45) is -0.111. The molecule has 1 spiro atoms. The van der Waals surface area contributed by atoms with Gasteiger partial charge in [0.2, 0.25) is 11.8 Å². The van der Waals surface area contributed by atoms with Crippen molar-refractivity contribution in [2.75, 3.05) is 37.6 Å². The Kier molecular flexibility index (Phi) is 8.78. The molecule has 4 aliphatic heterocycles. The van der Waals surface area contributed by atoms with Gasteiger partial charge in [0.15, 0.2) is 12.0 Å². The Balaban J connectivity index is 1.13. The number of carbonyl (C=O) groups is 3. The van der Waals surface area contributed by atoms with Crippen LogP contribution in [0.4, 0.5) is 10.5 Å². The number of nitrogens with zero attached hydrogens (tertiary/aromatic N) is 8. The molecule has 12 N–H and O–H groups in total. The fraction of sp³-hybridized carbons (Fsp3) is 0.522. The Morgan fingerprint density at radius 2 is 1.77 bits per heavy atom. The number of nitrogens with two attached hydrogens (primary N) is 4. The van der Waals surface area contributed by atoms with Crippen LogP contribution in [0.2, 0.25) is 0 Å². The number of likely N-dealkylation sites (tertiary alicyclic amines) is 1. The lowest BCUT2D eigenvalue weighted by Crippen LogP contribution is -2.63. The SMILES string of the molecule is NN=NC1=C(Cl)NC(C(=O)NC2NC3(CCN(C(=O)Cc4ccc(N5CCN(N)C5=O)cc4)CC3)CN2N)C(N=NN)N1. The van der Waals surface area contributed by atoms with E-state index in [1.54, 1.807) is 4.90 Å². The molecule has 3 unspecified atom stereocenters. The van der Waals surface area contributed by atoms with Crippen LogP contribution in [0.3, 0.4) is 0 Å². The highest BCUT2D eigenvalue weighted by Gasteiger charge is 2.46. The van der Waals surface area contributed by atoms with Crippen LogP contribution in [0.5, 0.6) is 0 Å². The zero-order valence-corrected chi connectivity index (χ0v) is 23.9. The number of urea groups is 1. The fourth-order valence-corrected chi connectivity index (χ4v) is 5.85. The van der Waals surface area contributed by atoms with Crippen molar-refractivity contribution in [2.24, 2.45) is 44.0 Å². The molecule has 232 valence electrons. The van der Waals surface area contributed by atoms with Crippen molar-refractivity contribution in [2.45, 2.75) is 43.3 Å². The summed E-state index contributed by atoms with van der Waals surface area (Å²) in [7, 11) is 0. The normalized spacial score (nSPS) is 26.1. The molecule has 3 atom stereocenters. The van der Waals surface area contributed by atoms with E-state index < -0.39 is 29.9 Å². The summed E-state index contributed by atoms with van der Waals surface area (Å²) in [4.78, 5) is 41.8. The molecule has 0 bridgehead atoms. The number of amides is 4. The van der Waals surface area contributed by atoms with Crippen molar-refractivity contribution in [3.63, 3.8) is 0 Å². The van der Waals surface area contributed by atoms with Gasteiger partial charge in [-0.15, -0.1) is 10.2 Å². The van der Waals surface area contributed by atoms with Gasteiger partial charge < -0.3 is 32.5 Å². The van der Waals surface area contributed by atoms with E-state index in [1.807, 2.05) is 29.2 Å². The molecule has 0 radical (unpaired) electrons. The number of nitrogens with one attached hydrogen (secondary N) is 4. The Bertz CT molecular complexity index is 1310. The van der Waals surface area contributed by atoms with Crippen LogP contribution in [0.25, 0.3) is 0 Å². The second kappa shape index (κ2) is 12.5. The molecule has 5 rings (SSSR count). The summed E-state index contributed by atoms with van der Waals surface area (Å²) < 4.78 is 0. The van der Waals surface area contributed by atoms with Gasteiger partial charge in [0.1, 0.15) is 17.5 Å². The van der Waals surface area contributed by atoms with Gasteiger partial charge in [-0.2, -0.15) is 0 Å². The molecule has 1 aromatic carbocycles. The molecule has 4 amide bonds. The molecule has 0 aromatic heterocycles. The summed E-state index contributed by atoms with van der Waals surface area (Å²) in [5.74, 6) is 21.8. The van der Waals surface area contributed by atoms with E-state index in [0.717, 1.165) is 11.3 Å². The van der Waals surface area contributed by atoms with Crippen molar-refractivity contribution in [3.05, 3.63) is 40.8 Å². The number of piperidine rings is 1. The van der Waals surface area contributed by atoms with Gasteiger partial charge in [0.25, 0.3) is 0 Å². The zero-order valence-electron chi connectivity index (χ0n) is 23.2. The first kappa shape index (κ1) is 30.2. The average Bonchev–Trinajstić information content (AvgIpc) is 3.48. The van der Waals surface area contributed by atoms with E-state index in [4.69, 9.17) is 35.0 Å². The summed E-state index contributed by atoms with van der Waals surface area (Å²) in [5, 5.41) is 28.5. The van der Waals surface area contributed by atoms with Crippen LogP contribution in [0.15, 0.2) is 55.9 Å². The third kappa shape index (κ3) is 6.39. The maximum atomic E-state index is 13.2. The molecule has 19 nitrogen and oxygen atoms in total. The van der Waals surface area contributed by atoms with Crippen LogP contribution >= 0.6 is 11.6 Å². The first-order valence-corrected chi connectivity index (χ1v) is 13.9. The summed E-state index contributed by atoms with van der Waals surface area (Å²) in [6, 6.07) is 6.11. The van der Waals surface area contributed by atoms with Gasteiger partial charge in [-0.3, -0.25) is 30.7 Å². The number of hydrazine groups is 2. The zero-order chi connectivity index (χ0) is 30.7. The first-order chi connectivity index (χ1) is 20.6. The third-order valence-corrected chi connectivity index (χ3v) is 8.27. The number of hydrogen-bond donors (Lipinski definition) is 8. The largest absolute Gasteiger partial charge is 0.358 e. The van der Waals surface area contributed by atoms with E-state index in [0.29, 0.717) is 45.6 Å². The number of benzene rings is 1. The smallest absolute Gasteiger partial charge is 0.338 e. The number of hydrogen-bond acceptors (Lipinski definition) is 13. The Morgan fingerprint density at radius 1 is 1.05 bits per heavy atom. The molecule has 0 aliphatic carbocycles. The highest BCUT2D eigenvalue weighted by Crippen LogP contribution is 2.29. The van der Waals surface area contributed by atoms with Crippen molar-refractivity contribution in [1.29, 1.82) is 0 Å². The Morgan fingerprint density at radius 3 is 2.40 bits per heavy atom. The van der Waals surface area contributed by atoms with Gasteiger partial charge >= 0.3 is 6.03 Å². The number of anilines is 1. The fourth-order valence-electron chi connectivity index (χ4n) is 5.64. The van der Waals surface area contributed by atoms with E-state index in [1.165, 1.54) is 10.0 Å². The highest BCUT2D eigenvalue weighted by atomic mass is 35.5. The summed E-state index contributed by atoms with van der Waals surface area (Å²) >= 11 is 6.17. The lowest BCUT2D eigenvalue weighted by atomic mass is 9.88. The van der Waals surface area contributed by atoms with Crippen molar-refractivity contribution >= 4 is 35.1 Å². The molecular formula is C23H35ClN16O3. The van der Waals surface area contributed by atoms with Crippen LogP contribution in [0.1, 0.15) is 18.4 Å². The lowest BCUT2D eigenvalue weighted by Gasteiger charge is -2.39. The molecule has 0 saturated carbocycles. The predicted octanol–water partition coefficient (Wildman–Crippen LogP) is -2.21. The van der Waals surface area contributed by atoms with Gasteiger partial charge in [0.05, 0.1) is 13.0 Å². The molecule has 4 heterocycles. The molecule has 4 aliphatic rings. The molecule has 1 aromatic rings. The van der Waals surface area contributed by atoms with Crippen molar-refractivity contribution in [3.8, 4) is 0 Å². The Labute approximate surface area is 251 Å². The topological polar surface area (TPSA) is 266 Å². The number of halogens is 1. The highest BCUT2D eigenvalue weighted by molar-refractivity contribution is 6.29. The van der Waals surface area contributed by atoms with Crippen LogP contribution in [-0.2, 0) is 16.0 Å². The number of rotatable bonds is 7. The summed E-state index contributed by atoms with van der Waals surface area (Å²) in [5.41, 5.74) is 1.20. The standard InChI is InChI=1S/C23H35ClN16O3/c24-17-19(34-36-26)30-18(33-35-25)16(29-17)20(42)31-21-32-23(12-40(21)28)5-7-37(8-6-23)15(41)11-13-1-3-14(4-2-13)38-9-10-39(27)22(38)43/h1-4,16,18,21,29-30,32H,5-12,27-28H2,(H2,25,33)(H2,26,34)(H,31,42). The Hall–Kier alpha value is -4.30. The van der Waals surface area contributed by atoms with Gasteiger partial charge in [-0.1, -0.05) is 34.2 Å². The van der Waals surface area contributed by atoms with E-state index in [9.17, 15) is 14.4 Å². The van der Waals surface area contributed by atoms with E-state index in [2.05, 4.69) is 41.9 Å². The molecule has 3 fully saturated rings. The second-order valence-electron chi connectivity index (χ2n) is 10.7. The second-order valence-corrected chi connectivity index (χ2v) is 11.1. The van der Waals surface area contributed by atoms with Gasteiger partial charge in [0, 0.05) is 37.4 Å². The van der Waals surface area contributed by atoms with Gasteiger partial charge in [-0.05, 0) is 30.5 Å². The van der Waals surface area contributed by atoms with Crippen LogP contribution in [0, 0.1) is 0 Å². The molecule has 3 saturated heterocycles. The van der Waals surface area contributed by atoms with E-state index >= 15 is 0 Å². The molecular weight excluding hydrogens is 584 g/mol. The van der Waals surface area contributed by atoms with Crippen LogP contribution < -0.4 is 49.5 Å². The molecule has 20 heteroatoms. The lowest BCUT2D eigenvalue weighted by molar-refractivity contribution is -0.132. The van der Waals surface area contributed by atoms with Gasteiger partial charge in [-0.25, -0.2) is 15.6 Å². The third-order valence-electron chi connectivity index (χ3n) is 7.98. The monoisotopic (exact) mass is 618 g/mol.